The Hall–Kier alpha value is -3.56. The number of anilines is 2. The van der Waals surface area contributed by atoms with Crippen molar-refractivity contribution in [1.29, 1.82) is 0 Å². The summed E-state index contributed by atoms with van der Waals surface area (Å²) in [6, 6.07) is 12.7. The molecule has 0 aliphatic rings. The number of carbonyl (C=O) groups is 1. The first-order valence-corrected chi connectivity index (χ1v) is 7.19. The SMILES string of the molecule is NC(=O)c1ccc(NCCNc2nnnn2-c2ccccc2)nn1. The van der Waals surface area contributed by atoms with Gasteiger partial charge in [-0.15, -0.1) is 10.2 Å². The van der Waals surface area contributed by atoms with Crippen LogP contribution in [0.3, 0.4) is 0 Å². The lowest BCUT2D eigenvalue weighted by Crippen LogP contribution is -2.18. The maximum Gasteiger partial charge on any atom is 0.269 e. The summed E-state index contributed by atoms with van der Waals surface area (Å²) < 4.78 is 1.61. The molecule has 0 fully saturated rings. The molecule has 10 nitrogen and oxygen atoms in total. The van der Waals surface area contributed by atoms with Crippen LogP contribution >= 0.6 is 0 Å². The quantitative estimate of drug-likeness (QED) is 0.519. The van der Waals surface area contributed by atoms with Crippen LogP contribution in [-0.2, 0) is 0 Å². The highest BCUT2D eigenvalue weighted by atomic mass is 16.1. The second kappa shape index (κ2) is 7.13. The predicted octanol–water partition coefficient (Wildman–Crippen LogP) is 0.0752. The van der Waals surface area contributed by atoms with E-state index in [1.807, 2.05) is 30.3 Å². The van der Waals surface area contributed by atoms with Crippen molar-refractivity contribution in [3.8, 4) is 5.69 Å². The summed E-state index contributed by atoms with van der Waals surface area (Å²) in [5.74, 6) is 0.478. The molecule has 24 heavy (non-hydrogen) atoms. The van der Waals surface area contributed by atoms with Crippen LogP contribution in [0.1, 0.15) is 10.5 Å². The summed E-state index contributed by atoms with van der Waals surface area (Å²) in [5.41, 5.74) is 6.10. The van der Waals surface area contributed by atoms with E-state index in [4.69, 9.17) is 5.73 Å². The van der Waals surface area contributed by atoms with E-state index in [0.717, 1.165) is 5.69 Å². The van der Waals surface area contributed by atoms with Gasteiger partial charge in [0.05, 0.1) is 5.69 Å². The molecule has 0 saturated heterocycles. The first-order chi connectivity index (χ1) is 11.7. The number of nitrogens with zero attached hydrogens (tertiary/aromatic N) is 6. The van der Waals surface area contributed by atoms with Crippen LogP contribution in [0.2, 0.25) is 0 Å². The summed E-state index contributed by atoms with van der Waals surface area (Å²) in [7, 11) is 0. The molecular formula is C14H15N9O. The fourth-order valence-corrected chi connectivity index (χ4v) is 1.96. The third-order valence-corrected chi connectivity index (χ3v) is 3.10. The van der Waals surface area contributed by atoms with Gasteiger partial charge in [0.2, 0.25) is 5.95 Å². The molecule has 0 unspecified atom stereocenters. The molecule has 2 aromatic heterocycles. The fraction of sp³-hybridized carbons (Fsp3) is 0.143. The summed E-state index contributed by atoms with van der Waals surface area (Å²) in [6.45, 7) is 1.12. The average Bonchev–Trinajstić information content (AvgIpc) is 3.08. The number of nitrogens with two attached hydrogens (primary N) is 1. The van der Waals surface area contributed by atoms with Gasteiger partial charge in [0.1, 0.15) is 5.82 Å². The molecule has 1 aromatic carbocycles. The van der Waals surface area contributed by atoms with Crippen molar-refractivity contribution in [3.63, 3.8) is 0 Å². The largest absolute Gasteiger partial charge is 0.367 e. The standard InChI is InChI=1S/C14H15N9O/c15-13(24)11-6-7-12(19-18-11)16-8-9-17-14-20-21-22-23(14)10-4-2-1-3-5-10/h1-7H,8-9H2,(H2,15,24)(H,16,19)(H,17,20,22). The van der Waals surface area contributed by atoms with Gasteiger partial charge in [0, 0.05) is 13.1 Å². The van der Waals surface area contributed by atoms with E-state index in [-0.39, 0.29) is 5.69 Å². The van der Waals surface area contributed by atoms with Crippen molar-refractivity contribution in [2.75, 3.05) is 23.7 Å². The van der Waals surface area contributed by atoms with E-state index in [1.54, 1.807) is 10.7 Å². The highest BCUT2D eigenvalue weighted by Crippen LogP contribution is 2.10. The van der Waals surface area contributed by atoms with Crippen LogP contribution in [-0.4, -0.2) is 49.4 Å². The number of para-hydroxylation sites is 1. The molecule has 0 aliphatic heterocycles. The van der Waals surface area contributed by atoms with Crippen molar-refractivity contribution < 1.29 is 4.79 Å². The van der Waals surface area contributed by atoms with Crippen molar-refractivity contribution in [2.45, 2.75) is 0 Å². The molecule has 122 valence electrons. The van der Waals surface area contributed by atoms with Gasteiger partial charge in [-0.05, 0) is 34.7 Å². The monoisotopic (exact) mass is 325 g/mol. The number of amides is 1. The second-order valence-corrected chi connectivity index (χ2v) is 4.77. The normalized spacial score (nSPS) is 10.3. The zero-order chi connectivity index (χ0) is 16.8. The minimum atomic E-state index is -0.608. The van der Waals surface area contributed by atoms with Crippen LogP contribution in [0.15, 0.2) is 42.5 Å². The van der Waals surface area contributed by atoms with Gasteiger partial charge >= 0.3 is 0 Å². The van der Waals surface area contributed by atoms with Crippen LogP contribution < -0.4 is 16.4 Å². The van der Waals surface area contributed by atoms with Gasteiger partial charge < -0.3 is 16.4 Å². The molecule has 0 spiro atoms. The molecule has 0 saturated carbocycles. The highest BCUT2D eigenvalue weighted by Gasteiger charge is 2.07. The molecular weight excluding hydrogens is 310 g/mol. The summed E-state index contributed by atoms with van der Waals surface area (Å²) in [4.78, 5) is 10.9. The van der Waals surface area contributed by atoms with Gasteiger partial charge in [-0.25, -0.2) is 0 Å². The van der Waals surface area contributed by atoms with Crippen molar-refractivity contribution in [2.24, 2.45) is 5.73 Å². The Morgan fingerprint density at radius 1 is 1.00 bits per heavy atom. The maximum absolute atomic E-state index is 10.9. The lowest BCUT2D eigenvalue weighted by molar-refractivity contribution is 0.0994. The van der Waals surface area contributed by atoms with Gasteiger partial charge in [0.15, 0.2) is 5.69 Å². The van der Waals surface area contributed by atoms with Crippen LogP contribution in [0.4, 0.5) is 11.8 Å². The maximum atomic E-state index is 10.9. The minimum absolute atomic E-state index is 0.126. The lowest BCUT2D eigenvalue weighted by Gasteiger charge is -2.08. The van der Waals surface area contributed by atoms with Crippen LogP contribution in [0, 0.1) is 0 Å². The van der Waals surface area contributed by atoms with Crippen LogP contribution in [0.5, 0.6) is 0 Å². The van der Waals surface area contributed by atoms with Crippen LogP contribution in [0.25, 0.3) is 5.69 Å². The first kappa shape index (κ1) is 15.3. The summed E-state index contributed by atoms with van der Waals surface area (Å²) in [5, 5.41) is 25.4. The van der Waals surface area contributed by atoms with E-state index in [2.05, 4.69) is 36.4 Å². The molecule has 10 heteroatoms. The fourth-order valence-electron chi connectivity index (χ4n) is 1.96. The Kier molecular flexibility index (Phi) is 4.56. The Morgan fingerprint density at radius 2 is 1.79 bits per heavy atom. The Labute approximate surface area is 137 Å². The topological polar surface area (TPSA) is 137 Å². The average molecular weight is 325 g/mol. The number of carbonyl (C=O) groups excluding carboxylic acids is 1. The zero-order valence-corrected chi connectivity index (χ0v) is 12.6. The predicted molar refractivity (Wildman–Crippen MR) is 86.7 cm³/mol. The number of rotatable bonds is 7. The van der Waals surface area contributed by atoms with E-state index in [1.165, 1.54) is 6.07 Å². The molecule has 3 rings (SSSR count). The first-order valence-electron chi connectivity index (χ1n) is 7.19. The number of hydrogen-bond donors (Lipinski definition) is 3. The van der Waals surface area contributed by atoms with E-state index >= 15 is 0 Å². The number of aromatic nitrogens is 6. The molecule has 0 aliphatic carbocycles. The lowest BCUT2D eigenvalue weighted by atomic mass is 10.3. The van der Waals surface area contributed by atoms with E-state index < -0.39 is 5.91 Å². The summed E-state index contributed by atoms with van der Waals surface area (Å²) >= 11 is 0. The number of benzene rings is 1. The van der Waals surface area contributed by atoms with Crippen molar-refractivity contribution in [3.05, 3.63) is 48.2 Å². The second-order valence-electron chi connectivity index (χ2n) is 4.77. The van der Waals surface area contributed by atoms with Crippen molar-refractivity contribution in [1.82, 2.24) is 30.4 Å². The van der Waals surface area contributed by atoms with Gasteiger partial charge in [-0.1, -0.05) is 23.3 Å². The number of tetrazole rings is 1. The zero-order valence-electron chi connectivity index (χ0n) is 12.6. The van der Waals surface area contributed by atoms with E-state index in [0.29, 0.717) is 24.9 Å². The van der Waals surface area contributed by atoms with Gasteiger partial charge in [0.25, 0.3) is 5.91 Å². The molecule has 0 bridgehead atoms. The Balaban J connectivity index is 1.52. The third-order valence-electron chi connectivity index (χ3n) is 3.10. The number of hydrogen-bond acceptors (Lipinski definition) is 8. The molecule has 0 radical (unpaired) electrons. The molecule has 1 amide bonds. The third kappa shape index (κ3) is 3.61. The number of primary amides is 1. The molecule has 3 aromatic rings. The number of nitrogens with one attached hydrogen (secondary N) is 2. The van der Waals surface area contributed by atoms with Gasteiger partial charge in [-0.2, -0.15) is 4.68 Å². The summed E-state index contributed by atoms with van der Waals surface area (Å²) in [6.07, 6.45) is 0. The minimum Gasteiger partial charge on any atom is -0.367 e. The van der Waals surface area contributed by atoms with E-state index in [9.17, 15) is 4.79 Å². The smallest absolute Gasteiger partial charge is 0.269 e. The highest BCUT2D eigenvalue weighted by molar-refractivity contribution is 5.90. The Bertz CT molecular complexity index is 801. The molecule has 4 N–H and O–H groups in total. The molecule has 2 heterocycles. The van der Waals surface area contributed by atoms with Gasteiger partial charge in [-0.3, -0.25) is 4.79 Å². The van der Waals surface area contributed by atoms with Crippen molar-refractivity contribution >= 4 is 17.7 Å². The molecule has 0 atom stereocenters. The Morgan fingerprint density at radius 3 is 2.50 bits per heavy atom.